The van der Waals surface area contributed by atoms with Crippen LogP contribution in [0, 0.1) is 13.8 Å². The molecule has 1 aromatic carbocycles. The van der Waals surface area contributed by atoms with Crippen LogP contribution in [-0.2, 0) is 6.42 Å². The van der Waals surface area contributed by atoms with Crippen LogP contribution in [-0.4, -0.2) is 4.98 Å². The van der Waals surface area contributed by atoms with Crippen LogP contribution in [0.25, 0.3) is 0 Å². The molecule has 0 saturated carbocycles. The normalized spacial score (nSPS) is 12.3. The summed E-state index contributed by atoms with van der Waals surface area (Å²) in [5.74, 6) is 5.71. The van der Waals surface area contributed by atoms with Crippen molar-refractivity contribution in [2.45, 2.75) is 39.2 Å². The number of aryl methyl sites for hydroxylation is 3. The van der Waals surface area contributed by atoms with Crippen LogP contribution in [0.15, 0.2) is 42.5 Å². The lowest BCUT2D eigenvalue weighted by Crippen LogP contribution is -2.28. The predicted octanol–water partition coefficient (Wildman–Crippen LogP) is 3.23. The second kappa shape index (κ2) is 7.17. The Morgan fingerprint density at radius 2 is 1.85 bits per heavy atom. The molecular formula is C17H23N3. The van der Waals surface area contributed by atoms with Crippen molar-refractivity contribution in [3.8, 4) is 0 Å². The average Bonchev–Trinajstić information content (AvgIpc) is 2.46. The van der Waals surface area contributed by atoms with Gasteiger partial charge in [-0.2, -0.15) is 0 Å². The summed E-state index contributed by atoms with van der Waals surface area (Å²) in [6.45, 7) is 4.06. The molecule has 1 unspecified atom stereocenters. The minimum absolute atomic E-state index is 0.173. The van der Waals surface area contributed by atoms with E-state index in [1.165, 1.54) is 11.1 Å². The van der Waals surface area contributed by atoms with Gasteiger partial charge in [-0.15, -0.1) is 0 Å². The lowest BCUT2D eigenvalue weighted by Gasteiger charge is -2.18. The van der Waals surface area contributed by atoms with Gasteiger partial charge < -0.3 is 0 Å². The highest BCUT2D eigenvalue weighted by molar-refractivity contribution is 5.25. The summed E-state index contributed by atoms with van der Waals surface area (Å²) < 4.78 is 0. The van der Waals surface area contributed by atoms with Gasteiger partial charge in [-0.05, 0) is 50.3 Å². The van der Waals surface area contributed by atoms with Crippen molar-refractivity contribution in [1.82, 2.24) is 10.4 Å². The Balaban J connectivity index is 1.95. The van der Waals surface area contributed by atoms with Crippen LogP contribution in [0.4, 0.5) is 0 Å². The monoisotopic (exact) mass is 269 g/mol. The van der Waals surface area contributed by atoms with E-state index in [2.05, 4.69) is 46.8 Å². The number of hydrogen-bond acceptors (Lipinski definition) is 3. The van der Waals surface area contributed by atoms with Crippen molar-refractivity contribution in [2.24, 2.45) is 5.84 Å². The maximum Gasteiger partial charge on any atom is 0.0478 e. The van der Waals surface area contributed by atoms with Gasteiger partial charge in [0.05, 0.1) is 0 Å². The van der Waals surface area contributed by atoms with Crippen LogP contribution in [0.1, 0.15) is 41.4 Å². The molecule has 106 valence electrons. The summed E-state index contributed by atoms with van der Waals surface area (Å²) in [6, 6.07) is 14.9. The summed E-state index contributed by atoms with van der Waals surface area (Å²) in [5.41, 5.74) is 7.61. The fourth-order valence-electron chi connectivity index (χ4n) is 2.55. The van der Waals surface area contributed by atoms with Gasteiger partial charge in [-0.25, -0.2) is 0 Å². The zero-order valence-corrected chi connectivity index (χ0v) is 12.3. The molecule has 0 radical (unpaired) electrons. The largest absolute Gasteiger partial charge is 0.271 e. The Hall–Kier alpha value is -1.71. The zero-order chi connectivity index (χ0) is 14.4. The van der Waals surface area contributed by atoms with Crippen LogP contribution >= 0.6 is 0 Å². The Bertz CT molecular complexity index is 537. The molecule has 3 nitrogen and oxygen atoms in total. The fraction of sp³-hybridized carbons (Fsp3) is 0.353. The molecule has 1 aromatic heterocycles. The van der Waals surface area contributed by atoms with Gasteiger partial charge in [0, 0.05) is 17.4 Å². The molecule has 2 aromatic rings. The summed E-state index contributed by atoms with van der Waals surface area (Å²) in [5, 5.41) is 0. The van der Waals surface area contributed by atoms with Gasteiger partial charge in [-0.1, -0.05) is 36.4 Å². The molecule has 1 atom stereocenters. The summed E-state index contributed by atoms with van der Waals surface area (Å²) in [7, 11) is 0. The Morgan fingerprint density at radius 1 is 1.10 bits per heavy atom. The molecular weight excluding hydrogens is 246 g/mol. The van der Waals surface area contributed by atoms with E-state index in [1.54, 1.807) is 0 Å². The van der Waals surface area contributed by atoms with Crippen molar-refractivity contribution in [2.75, 3.05) is 0 Å². The molecule has 0 fully saturated rings. The second-order valence-corrected chi connectivity index (χ2v) is 5.22. The van der Waals surface area contributed by atoms with E-state index >= 15 is 0 Å². The molecule has 1 heterocycles. The van der Waals surface area contributed by atoms with Crippen molar-refractivity contribution in [3.05, 3.63) is 65.0 Å². The van der Waals surface area contributed by atoms with Crippen molar-refractivity contribution < 1.29 is 0 Å². The topological polar surface area (TPSA) is 50.9 Å². The highest BCUT2D eigenvalue weighted by Crippen LogP contribution is 2.21. The highest BCUT2D eigenvalue weighted by Gasteiger charge is 2.12. The van der Waals surface area contributed by atoms with E-state index < -0.39 is 0 Å². The number of nitrogens with two attached hydrogens (primary N) is 1. The van der Waals surface area contributed by atoms with E-state index in [-0.39, 0.29) is 6.04 Å². The average molecular weight is 269 g/mol. The molecule has 3 N–H and O–H groups in total. The van der Waals surface area contributed by atoms with E-state index in [0.29, 0.717) is 0 Å². The molecule has 0 spiro atoms. The van der Waals surface area contributed by atoms with E-state index in [4.69, 9.17) is 5.84 Å². The number of benzene rings is 1. The SMILES string of the molecule is Cc1ccc(C(CCCc2ccccc2)NN)c(C)n1. The molecule has 20 heavy (non-hydrogen) atoms. The second-order valence-electron chi connectivity index (χ2n) is 5.22. The Labute approximate surface area is 121 Å². The third-order valence-corrected chi connectivity index (χ3v) is 3.64. The third-order valence-electron chi connectivity index (χ3n) is 3.64. The van der Waals surface area contributed by atoms with Crippen LogP contribution in [0.3, 0.4) is 0 Å². The number of rotatable bonds is 6. The fourth-order valence-corrected chi connectivity index (χ4v) is 2.55. The molecule has 0 saturated heterocycles. The molecule has 0 aliphatic carbocycles. The van der Waals surface area contributed by atoms with E-state index in [1.807, 2.05) is 19.9 Å². The molecule has 0 aliphatic heterocycles. The first-order valence-electron chi connectivity index (χ1n) is 7.15. The summed E-state index contributed by atoms with van der Waals surface area (Å²) >= 11 is 0. The van der Waals surface area contributed by atoms with Crippen molar-refractivity contribution in [1.29, 1.82) is 0 Å². The number of nitrogens with zero attached hydrogens (tertiary/aromatic N) is 1. The quantitative estimate of drug-likeness (QED) is 0.625. The highest BCUT2D eigenvalue weighted by atomic mass is 15.2. The van der Waals surface area contributed by atoms with Crippen LogP contribution in [0.2, 0.25) is 0 Å². The smallest absolute Gasteiger partial charge is 0.0478 e. The predicted molar refractivity (Wildman–Crippen MR) is 83.2 cm³/mol. The Kier molecular flexibility index (Phi) is 5.27. The van der Waals surface area contributed by atoms with Gasteiger partial charge in [0.2, 0.25) is 0 Å². The number of hydrazine groups is 1. The number of pyridine rings is 1. The maximum absolute atomic E-state index is 5.71. The lowest BCUT2D eigenvalue weighted by molar-refractivity contribution is 0.494. The standard InChI is InChI=1S/C17H23N3/c1-13-11-12-16(14(2)19-13)17(20-18)10-6-9-15-7-4-3-5-8-15/h3-5,7-8,11-12,17,20H,6,9-10,18H2,1-2H3. The minimum atomic E-state index is 0.173. The number of hydrogen-bond donors (Lipinski definition) is 2. The first-order valence-corrected chi connectivity index (χ1v) is 7.15. The van der Waals surface area contributed by atoms with Crippen LogP contribution < -0.4 is 11.3 Å². The van der Waals surface area contributed by atoms with Crippen molar-refractivity contribution >= 4 is 0 Å². The maximum atomic E-state index is 5.71. The first kappa shape index (κ1) is 14.7. The molecule has 0 aliphatic rings. The van der Waals surface area contributed by atoms with Gasteiger partial charge in [-0.3, -0.25) is 16.3 Å². The number of nitrogens with one attached hydrogen (secondary N) is 1. The molecule has 3 heteroatoms. The van der Waals surface area contributed by atoms with Gasteiger partial charge in [0.1, 0.15) is 0 Å². The minimum Gasteiger partial charge on any atom is -0.271 e. The summed E-state index contributed by atoms with van der Waals surface area (Å²) in [6.07, 6.45) is 3.19. The van der Waals surface area contributed by atoms with Gasteiger partial charge in [0.15, 0.2) is 0 Å². The van der Waals surface area contributed by atoms with E-state index in [9.17, 15) is 0 Å². The molecule has 2 rings (SSSR count). The lowest BCUT2D eigenvalue weighted by atomic mass is 9.98. The van der Waals surface area contributed by atoms with Crippen molar-refractivity contribution in [3.63, 3.8) is 0 Å². The third kappa shape index (κ3) is 3.89. The molecule has 0 bridgehead atoms. The summed E-state index contributed by atoms with van der Waals surface area (Å²) in [4.78, 5) is 4.51. The zero-order valence-electron chi connectivity index (χ0n) is 12.3. The Morgan fingerprint density at radius 3 is 2.50 bits per heavy atom. The first-order chi connectivity index (χ1) is 9.70. The molecule has 0 amide bonds. The van der Waals surface area contributed by atoms with E-state index in [0.717, 1.165) is 30.7 Å². The van der Waals surface area contributed by atoms with Crippen LogP contribution in [0.5, 0.6) is 0 Å². The number of aromatic nitrogens is 1. The van der Waals surface area contributed by atoms with Gasteiger partial charge >= 0.3 is 0 Å². The van der Waals surface area contributed by atoms with Gasteiger partial charge in [0.25, 0.3) is 0 Å².